The van der Waals surface area contributed by atoms with Crippen LogP contribution in [-0.4, -0.2) is 103 Å². The molecule has 1 amide bonds. The number of primary amides is 1. The monoisotopic (exact) mass is 471 g/mol. The van der Waals surface area contributed by atoms with Crippen molar-refractivity contribution in [1.82, 2.24) is 20.0 Å². The fraction of sp³-hybridized carbons (Fsp3) is 0.708. The van der Waals surface area contributed by atoms with Crippen molar-refractivity contribution in [3.63, 3.8) is 0 Å². The van der Waals surface area contributed by atoms with Crippen LogP contribution in [0.4, 0.5) is 4.79 Å². The lowest BCUT2D eigenvalue weighted by molar-refractivity contribution is -0.137. The van der Waals surface area contributed by atoms with E-state index < -0.39 is 17.7 Å². The minimum atomic E-state index is -0.930. The highest BCUT2D eigenvalue weighted by Gasteiger charge is 2.72. The average Bonchev–Trinajstić information content (AvgIpc) is 3.46. The number of carbonyl (C=O) groups excluding carboxylic acids is 3. The standard InChI is InChI=1S/C24H33N5O5/c1-33-24-15(13-34-23(25)32)19-20(29(24)12-16-22(24)26-16)18(30)11-17(21(19)31)28-9-5-14(6-10-28)27-7-3-2-4-8-27/h11,14-16,22,26H,2-10,12-13H2,1H3,(H2,25,32). The third-order valence-corrected chi connectivity index (χ3v) is 8.72. The summed E-state index contributed by atoms with van der Waals surface area (Å²) >= 11 is 0. The highest BCUT2D eigenvalue weighted by Crippen LogP contribution is 2.55. The zero-order valence-electron chi connectivity index (χ0n) is 19.6. The van der Waals surface area contributed by atoms with Crippen LogP contribution in [0, 0.1) is 5.92 Å². The summed E-state index contributed by atoms with van der Waals surface area (Å²) in [6, 6.07) is 0.700. The molecule has 184 valence electrons. The number of methoxy groups -OCH3 is 1. The Hall–Kier alpha value is -2.43. The quantitative estimate of drug-likeness (QED) is 0.419. The van der Waals surface area contributed by atoms with E-state index in [1.807, 2.05) is 4.90 Å². The van der Waals surface area contributed by atoms with E-state index in [2.05, 4.69) is 15.1 Å². The Balaban J connectivity index is 1.25. The number of likely N-dealkylation sites (tertiary alicyclic amines) is 2. The molecule has 0 aromatic heterocycles. The molecular weight excluding hydrogens is 438 g/mol. The van der Waals surface area contributed by atoms with E-state index in [4.69, 9.17) is 15.2 Å². The molecule has 0 radical (unpaired) electrons. The number of ketones is 2. The van der Waals surface area contributed by atoms with E-state index in [0.29, 0.717) is 29.6 Å². The van der Waals surface area contributed by atoms with Gasteiger partial charge >= 0.3 is 6.09 Å². The minimum absolute atomic E-state index is 0.0334. The van der Waals surface area contributed by atoms with E-state index in [9.17, 15) is 14.4 Å². The number of allylic oxidation sites excluding steroid dienone is 2. The summed E-state index contributed by atoms with van der Waals surface area (Å²) in [5.74, 6) is -0.921. The van der Waals surface area contributed by atoms with Gasteiger partial charge in [0.05, 0.1) is 23.4 Å². The maximum Gasteiger partial charge on any atom is 0.404 e. The Morgan fingerprint density at radius 2 is 1.91 bits per heavy atom. The first-order chi connectivity index (χ1) is 16.5. The van der Waals surface area contributed by atoms with Gasteiger partial charge in [0.2, 0.25) is 11.6 Å². The van der Waals surface area contributed by atoms with Gasteiger partial charge in [-0.15, -0.1) is 0 Å². The second kappa shape index (κ2) is 8.07. The summed E-state index contributed by atoms with van der Waals surface area (Å²) in [6.45, 7) is 4.30. The van der Waals surface area contributed by atoms with Crippen molar-refractivity contribution in [3.05, 3.63) is 23.0 Å². The van der Waals surface area contributed by atoms with Crippen molar-refractivity contribution in [2.24, 2.45) is 11.7 Å². The molecule has 0 aromatic carbocycles. The Bertz CT molecular complexity index is 980. The molecule has 0 aromatic rings. The molecule has 6 aliphatic rings. The second-order valence-corrected chi connectivity index (χ2v) is 10.3. The van der Waals surface area contributed by atoms with E-state index in [1.165, 1.54) is 25.3 Å². The average molecular weight is 472 g/mol. The number of amides is 1. The van der Waals surface area contributed by atoms with Gasteiger partial charge in [-0.25, -0.2) is 4.79 Å². The lowest BCUT2D eigenvalue weighted by Gasteiger charge is -2.41. The molecule has 6 rings (SSSR count). The van der Waals surface area contributed by atoms with Crippen molar-refractivity contribution >= 4 is 17.7 Å². The van der Waals surface area contributed by atoms with Crippen LogP contribution in [-0.2, 0) is 19.1 Å². The maximum atomic E-state index is 13.9. The molecule has 4 unspecified atom stereocenters. The molecular formula is C24H33N5O5. The van der Waals surface area contributed by atoms with Crippen LogP contribution in [0.3, 0.4) is 0 Å². The number of nitrogens with two attached hydrogens (primary N) is 1. The summed E-state index contributed by atoms with van der Waals surface area (Å²) in [5.41, 5.74) is 5.58. The topological polar surface area (TPSA) is 127 Å². The maximum absolute atomic E-state index is 13.9. The first-order valence-electron chi connectivity index (χ1n) is 12.5. The molecule has 34 heavy (non-hydrogen) atoms. The predicted molar refractivity (Wildman–Crippen MR) is 121 cm³/mol. The summed E-state index contributed by atoms with van der Waals surface area (Å²) in [7, 11) is 1.58. The zero-order valence-corrected chi connectivity index (χ0v) is 19.6. The first-order valence-corrected chi connectivity index (χ1v) is 12.5. The van der Waals surface area contributed by atoms with E-state index in [-0.39, 0.29) is 30.3 Å². The Labute approximate surface area is 199 Å². The molecule has 0 saturated carbocycles. The number of Topliss-reactive ketones (excluding diaryl/α,β-unsaturated/α-hetero) is 1. The number of rotatable bonds is 5. The van der Waals surface area contributed by atoms with E-state index in [1.54, 1.807) is 7.11 Å². The number of fused-ring (bicyclic) bond motifs is 4. The Morgan fingerprint density at radius 3 is 2.59 bits per heavy atom. The van der Waals surface area contributed by atoms with Crippen molar-refractivity contribution in [1.29, 1.82) is 0 Å². The van der Waals surface area contributed by atoms with Crippen LogP contribution < -0.4 is 11.1 Å². The number of nitrogens with one attached hydrogen (secondary N) is 1. The fourth-order valence-electron chi connectivity index (χ4n) is 7.10. The summed E-state index contributed by atoms with van der Waals surface area (Å²) < 4.78 is 11.2. The third-order valence-electron chi connectivity index (χ3n) is 8.72. The molecule has 4 saturated heterocycles. The molecule has 0 spiro atoms. The summed E-state index contributed by atoms with van der Waals surface area (Å²) in [4.78, 5) is 45.3. The largest absolute Gasteiger partial charge is 0.449 e. The van der Waals surface area contributed by atoms with Crippen LogP contribution in [0.15, 0.2) is 23.0 Å². The molecule has 5 aliphatic heterocycles. The van der Waals surface area contributed by atoms with Gasteiger partial charge in [0, 0.05) is 50.5 Å². The zero-order chi connectivity index (χ0) is 23.6. The lowest BCUT2D eigenvalue weighted by atomic mass is 9.83. The SMILES string of the molecule is COC12C(COC(N)=O)C3=C(C(=O)C=C(N4CCC(N5CCCCC5)CC4)C3=O)N1CC1NC12. The molecule has 3 N–H and O–H groups in total. The van der Waals surface area contributed by atoms with Crippen molar-refractivity contribution in [2.45, 2.75) is 56.0 Å². The van der Waals surface area contributed by atoms with Gasteiger partial charge in [0.25, 0.3) is 0 Å². The molecule has 4 atom stereocenters. The smallest absolute Gasteiger partial charge is 0.404 e. The van der Waals surface area contributed by atoms with Gasteiger partial charge in [0.1, 0.15) is 6.61 Å². The minimum Gasteiger partial charge on any atom is -0.449 e. The van der Waals surface area contributed by atoms with E-state index in [0.717, 1.165) is 39.0 Å². The molecule has 10 heteroatoms. The van der Waals surface area contributed by atoms with Gasteiger partial charge in [-0.1, -0.05) is 6.42 Å². The van der Waals surface area contributed by atoms with Gasteiger partial charge in [-0.2, -0.15) is 0 Å². The summed E-state index contributed by atoms with van der Waals surface area (Å²) in [6.07, 6.45) is 6.42. The Morgan fingerprint density at radius 1 is 1.18 bits per heavy atom. The van der Waals surface area contributed by atoms with Gasteiger partial charge in [-0.05, 0) is 38.8 Å². The molecule has 10 nitrogen and oxygen atoms in total. The number of hydrogen-bond donors (Lipinski definition) is 2. The first kappa shape index (κ1) is 22.1. The van der Waals surface area contributed by atoms with Crippen molar-refractivity contribution in [3.8, 4) is 0 Å². The Kier molecular flexibility index (Phi) is 5.23. The normalized spacial score (nSPS) is 35.8. The highest BCUT2D eigenvalue weighted by atomic mass is 16.6. The fourth-order valence-corrected chi connectivity index (χ4v) is 7.10. The van der Waals surface area contributed by atoms with Crippen LogP contribution in [0.1, 0.15) is 32.1 Å². The molecule has 1 aliphatic carbocycles. The third kappa shape index (κ3) is 3.15. The lowest BCUT2D eigenvalue weighted by Crippen LogP contribution is -2.55. The van der Waals surface area contributed by atoms with Crippen LogP contribution in [0.25, 0.3) is 0 Å². The van der Waals surface area contributed by atoms with Gasteiger partial charge in [0.15, 0.2) is 5.72 Å². The molecule has 0 bridgehead atoms. The van der Waals surface area contributed by atoms with Crippen LogP contribution >= 0.6 is 0 Å². The van der Waals surface area contributed by atoms with Gasteiger partial charge < -0.3 is 35.2 Å². The predicted octanol–water partition coefficient (Wildman–Crippen LogP) is -0.0497. The number of nitrogens with zero attached hydrogens (tertiary/aromatic N) is 3. The van der Waals surface area contributed by atoms with Crippen molar-refractivity contribution < 1.29 is 23.9 Å². The number of piperidine rings is 2. The number of ether oxygens (including phenoxy) is 2. The molecule has 5 heterocycles. The van der Waals surface area contributed by atoms with E-state index >= 15 is 0 Å². The van der Waals surface area contributed by atoms with Gasteiger partial charge in [-0.3, -0.25) is 9.59 Å². The van der Waals surface area contributed by atoms with Crippen LogP contribution in [0.5, 0.6) is 0 Å². The van der Waals surface area contributed by atoms with Crippen molar-refractivity contribution in [2.75, 3.05) is 46.4 Å². The molecule has 4 fully saturated rings. The van der Waals surface area contributed by atoms with Crippen LogP contribution in [0.2, 0.25) is 0 Å². The highest BCUT2D eigenvalue weighted by molar-refractivity contribution is 6.23. The number of carbonyl (C=O) groups is 3. The number of hydrogen-bond acceptors (Lipinski definition) is 9. The second-order valence-electron chi connectivity index (χ2n) is 10.3. The number of piperazine rings is 1. The summed E-state index contributed by atoms with van der Waals surface area (Å²) in [5, 5.41) is 3.38.